The van der Waals surface area contributed by atoms with Crippen molar-refractivity contribution < 1.29 is 18.3 Å². The first-order valence-corrected chi connectivity index (χ1v) is 4.63. The van der Waals surface area contributed by atoms with E-state index in [0.29, 0.717) is 9.90 Å². The molecule has 1 aromatic heterocycles. The molecule has 0 saturated carbocycles. The second kappa shape index (κ2) is 3.86. The number of rotatable bonds is 2. The van der Waals surface area contributed by atoms with Gasteiger partial charge in [-0.15, -0.1) is 11.3 Å². The number of alkyl halides is 3. The van der Waals surface area contributed by atoms with Crippen molar-refractivity contribution in [2.45, 2.75) is 18.7 Å². The van der Waals surface area contributed by atoms with Gasteiger partial charge in [0.2, 0.25) is 0 Å². The normalized spacial score (nSPS) is 14.5. The van der Waals surface area contributed by atoms with Crippen LogP contribution in [0.4, 0.5) is 13.2 Å². The van der Waals surface area contributed by atoms with Gasteiger partial charge >= 0.3 is 6.18 Å². The Bertz CT molecular complexity index is 284. The number of hydrogen-bond acceptors (Lipinski definition) is 2. The van der Waals surface area contributed by atoms with E-state index >= 15 is 0 Å². The molecule has 0 amide bonds. The number of aliphatic hydroxyl groups excluding tert-OH is 1. The lowest BCUT2D eigenvalue weighted by atomic mass is 10.1. The van der Waals surface area contributed by atoms with Crippen LogP contribution in [0.3, 0.4) is 0 Å². The highest BCUT2D eigenvalue weighted by Crippen LogP contribution is 2.26. The molecule has 0 unspecified atom stereocenters. The minimum absolute atomic E-state index is 0.403. The molecule has 13 heavy (non-hydrogen) atoms. The summed E-state index contributed by atoms with van der Waals surface area (Å²) in [6.45, 7) is 0. The van der Waals surface area contributed by atoms with Crippen LogP contribution in [0.5, 0.6) is 0 Å². The molecule has 1 rings (SSSR count). The van der Waals surface area contributed by atoms with E-state index in [2.05, 4.69) is 0 Å². The van der Waals surface area contributed by atoms with Gasteiger partial charge in [0, 0.05) is 6.42 Å². The molecule has 0 spiro atoms. The lowest BCUT2D eigenvalue weighted by Crippen LogP contribution is -2.30. The standard InChI is InChI=1S/C7H6ClF3OS/c8-6-2-4(3-13-6)1-5(12)7(9,10)11/h2-3,5,12H,1H2/t5-/m0/s1. The van der Waals surface area contributed by atoms with Crippen LogP contribution in [0.25, 0.3) is 0 Å². The highest BCUT2D eigenvalue weighted by atomic mass is 35.5. The molecule has 1 heterocycles. The van der Waals surface area contributed by atoms with E-state index < -0.39 is 18.7 Å². The molecule has 0 aliphatic rings. The molecule has 6 heteroatoms. The smallest absolute Gasteiger partial charge is 0.383 e. The summed E-state index contributed by atoms with van der Waals surface area (Å²) < 4.78 is 36.0. The molecule has 0 fully saturated rings. The molecule has 1 atom stereocenters. The lowest BCUT2D eigenvalue weighted by Gasteiger charge is -2.12. The lowest BCUT2D eigenvalue weighted by molar-refractivity contribution is -0.203. The minimum atomic E-state index is -4.56. The summed E-state index contributed by atoms with van der Waals surface area (Å²) >= 11 is 6.66. The van der Waals surface area contributed by atoms with Crippen LogP contribution in [-0.4, -0.2) is 17.4 Å². The third-order valence-electron chi connectivity index (χ3n) is 1.43. The van der Waals surface area contributed by atoms with Crippen molar-refractivity contribution in [2.75, 3.05) is 0 Å². The Kier molecular flexibility index (Phi) is 3.21. The van der Waals surface area contributed by atoms with E-state index in [0.717, 1.165) is 11.3 Å². The fourth-order valence-corrected chi connectivity index (χ4v) is 1.71. The maximum atomic E-state index is 11.9. The maximum Gasteiger partial charge on any atom is 0.414 e. The summed E-state index contributed by atoms with van der Waals surface area (Å²) in [4.78, 5) is 0. The Morgan fingerprint density at radius 2 is 2.15 bits per heavy atom. The van der Waals surface area contributed by atoms with Gasteiger partial charge in [-0.1, -0.05) is 11.6 Å². The van der Waals surface area contributed by atoms with E-state index in [4.69, 9.17) is 16.7 Å². The average Bonchev–Trinajstić information content (AvgIpc) is 2.33. The molecule has 0 bridgehead atoms. The molecule has 0 aromatic carbocycles. The van der Waals surface area contributed by atoms with Gasteiger partial charge in [0.25, 0.3) is 0 Å². The summed E-state index contributed by atoms with van der Waals surface area (Å²) in [5.41, 5.74) is 0.403. The van der Waals surface area contributed by atoms with Crippen molar-refractivity contribution >= 4 is 22.9 Å². The Labute approximate surface area is 81.8 Å². The van der Waals surface area contributed by atoms with E-state index in [-0.39, 0.29) is 0 Å². The van der Waals surface area contributed by atoms with Crippen molar-refractivity contribution in [1.82, 2.24) is 0 Å². The second-order valence-electron chi connectivity index (χ2n) is 2.52. The number of hydrogen-bond donors (Lipinski definition) is 1. The van der Waals surface area contributed by atoms with Gasteiger partial charge in [0.05, 0.1) is 4.34 Å². The van der Waals surface area contributed by atoms with Gasteiger partial charge in [-0.2, -0.15) is 13.2 Å². The van der Waals surface area contributed by atoms with Crippen LogP contribution in [0.2, 0.25) is 4.34 Å². The molecule has 1 N–H and O–H groups in total. The fraction of sp³-hybridized carbons (Fsp3) is 0.429. The highest BCUT2D eigenvalue weighted by molar-refractivity contribution is 7.14. The Morgan fingerprint density at radius 1 is 1.54 bits per heavy atom. The van der Waals surface area contributed by atoms with Gasteiger partial charge in [-0.3, -0.25) is 0 Å². The van der Waals surface area contributed by atoms with Crippen LogP contribution in [0, 0.1) is 0 Å². The zero-order valence-corrected chi connectivity index (χ0v) is 7.88. The number of aliphatic hydroxyl groups is 1. The molecule has 1 nitrogen and oxygen atoms in total. The number of thiophene rings is 1. The van der Waals surface area contributed by atoms with Gasteiger partial charge in [-0.25, -0.2) is 0 Å². The monoisotopic (exact) mass is 230 g/mol. The van der Waals surface area contributed by atoms with Crippen LogP contribution < -0.4 is 0 Å². The van der Waals surface area contributed by atoms with Crippen molar-refractivity contribution in [3.63, 3.8) is 0 Å². The SMILES string of the molecule is O[C@@H](Cc1csc(Cl)c1)C(F)(F)F. The van der Waals surface area contributed by atoms with Gasteiger partial charge < -0.3 is 5.11 Å². The molecule has 0 aliphatic carbocycles. The molecular weight excluding hydrogens is 225 g/mol. The van der Waals surface area contributed by atoms with Gasteiger partial charge in [-0.05, 0) is 17.0 Å². The Hall–Kier alpha value is -0.260. The zero-order chi connectivity index (χ0) is 10.1. The molecule has 0 saturated heterocycles. The Balaban J connectivity index is 2.60. The van der Waals surface area contributed by atoms with Crippen molar-refractivity contribution in [1.29, 1.82) is 0 Å². The molecular formula is C7H6ClF3OS. The quantitative estimate of drug-likeness (QED) is 0.828. The third kappa shape index (κ3) is 3.17. The van der Waals surface area contributed by atoms with E-state index in [1.54, 1.807) is 0 Å². The van der Waals surface area contributed by atoms with E-state index in [1.807, 2.05) is 0 Å². The van der Waals surface area contributed by atoms with Crippen LogP contribution >= 0.6 is 22.9 Å². The molecule has 74 valence electrons. The summed E-state index contributed by atoms with van der Waals surface area (Å²) in [5.74, 6) is 0. The van der Waals surface area contributed by atoms with Crippen molar-refractivity contribution in [2.24, 2.45) is 0 Å². The minimum Gasteiger partial charge on any atom is -0.383 e. The third-order valence-corrected chi connectivity index (χ3v) is 2.57. The molecule has 0 radical (unpaired) electrons. The molecule has 0 aliphatic heterocycles. The zero-order valence-electron chi connectivity index (χ0n) is 6.31. The largest absolute Gasteiger partial charge is 0.414 e. The first-order valence-electron chi connectivity index (χ1n) is 3.37. The predicted octanol–water partition coefficient (Wildman–Crippen LogP) is 2.87. The summed E-state index contributed by atoms with van der Waals surface area (Å²) in [6, 6.07) is 1.42. The summed E-state index contributed by atoms with van der Waals surface area (Å²) in [6.07, 6.45) is -7.31. The Morgan fingerprint density at radius 3 is 2.54 bits per heavy atom. The molecule has 1 aromatic rings. The van der Waals surface area contributed by atoms with Crippen LogP contribution in [0.1, 0.15) is 5.56 Å². The first-order chi connectivity index (χ1) is 5.89. The average molecular weight is 231 g/mol. The van der Waals surface area contributed by atoms with Crippen LogP contribution in [0.15, 0.2) is 11.4 Å². The van der Waals surface area contributed by atoms with Crippen LogP contribution in [-0.2, 0) is 6.42 Å². The van der Waals surface area contributed by atoms with E-state index in [1.165, 1.54) is 11.4 Å². The second-order valence-corrected chi connectivity index (χ2v) is 4.06. The topological polar surface area (TPSA) is 20.2 Å². The number of halogens is 4. The van der Waals surface area contributed by atoms with Gasteiger partial charge in [0.15, 0.2) is 6.10 Å². The van der Waals surface area contributed by atoms with Crippen molar-refractivity contribution in [3.05, 3.63) is 21.3 Å². The highest BCUT2D eigenvalue weighted by Gasteiger charge is 2.38. The predicted molar refractivity (Wildman–Crippen MR) is 45.1 cm³/mol. The summed E-state index contributed by atoms with van der Waals surface area (Å²) in [7, 11) is 0. The van der Waals surface area contributed by atoms with Crippen molar-refractivity contribution in [3.8, 4) is 0 Å². The van der Waals surface area contributed by atoms with Gasteiger partial charge in [0.1, 0.15) is 0 Å². The maximum absolute atomic E-state index is 11.9. The van der Waals surface area contributed by atoms with E-state index in [9.17, 15) is 13.2 Å². The fourth-order valence-electron chi connectivity index (χ4n) is 0.792. The summed E-state index contributed by atoms with van der Waals surface area (Å²) in [5, 5.41) is 10.2. The first kappa shape index (κ1) is 10.8.